The predicted molar refractivity (Wildman–Crippen MR) is 138 cm³/mol. The number of amides is 1. The van der Waals surface area contributed by atoms with Gasteiger partial charge in [-0.05, 0) is 69.6 Å². The molecule has 1 amide bonds. The molecule has 2 aliphatic rings. The van der Waals surface area contributed by atoms with Crippen LogP contribution >= 0.6 is 0 Å². The van der Waals surface area contributed by atoms with E-state index in [4.69, 9.17) is 5.73 Å². The largest absolute Gasteiger partial charge is 0.390 e. The highest BCUT2D eigenvalue weighted by Gasteiger charge is 2.42. The Morgan fingerprint density at radius 2 is 1.82 bits per heavy atom. The Labute approximate surface area is 204 Å². The van der Waals surface area contributed by atoms with Gasteiger partial charge >= 0.3 is 0 Å². The molecule has 184 valence electrons. The average molecular weight is 465 g/mol. The summed E-state index contributed by atoms with van der Waals surface area (Å²) in [4.78, 5) is 19.8. The van der Waals surface area contributed by atoms with E-state index in [1.807, 2.05) is 13.0 Å². The fourth-order valence-corrected chi connectivity index (χ4v) is 5.47. The number of hydrogen-bond acceptors (Lipinski definition) is 5. The quantitative estimate of drug-likeness (QED) is 0.611. The van der Waals surface area contributed by atoms with Crippen LogP contribution in [0.2, 0.25) is 0 Å². The van der Waals surface area contributed by atoms with Crippen molar-refractivity contribution in [3.05, 3.63) is 47.7 Å². The highest BCUT2D eigenvalue weighted by molar-refractivity contribution is 5.99. The number of hydrogen-bond donors (Lipinski definition) is 3. The Bertz CT molecular complexity index is 1020. The van der Waals surface area contributed by atoms with Crippen molar-refractivity contribution in [3.63, 3.8) is 0 Å². The summed E-state index contributed by atoms with van der Waals surface area (Å²) in [5.41, 5.74) is 9.23. The normalized spacial score (nSPS) is 30.0. The van der Waals surface area contributed by atoms with Crippen molar-refractivity contribution < 1.29 is 9.90 Å². The number of benzene rings is 1. The van der Waals surface area contributed by atoms with Gasteiger partial charge in [-0.2, -0.15) is 0 Å². The van der Waals surface area contributed by atoms with Crippen LogP contribution in [0.1, 0.15) is 76.2 Å². The number of carbonyl (C=O) groups excluding carboxylic acids is 1. The number of nitrogen functional groups attached to an aromatic ring is 1. The molecule has 2 heterocycles. The van der Waals surface area contributed by atoms with Crippen molar-refractivity contribution in [2.24, 2.45) is 5.92 Å². The molecule has 0 radical (unpaired) electrons. The summed E-state index contributed by atoms with van der Waals surface area (Å²) in [7, 11) is 0. The Hall–Kier alpha value is -2.44. The number of likely N-dealkylation sites (tertiary alicyclic amines) is 1. The molecular formula is C28H40N4O2. The third kappa shape index (κ3) is 4.98. The first-order valence-corrected chi connectivity index (χ1v) is 12.6. The number of aromatic nitrogens is 1. The molecule has 0 bridgehead atoms. The molecule has 0 spiro atoms. The molecule has 1 aliphatic heterocycles. The molecule has 1 aliphatic carbocycles. The summed E-state index contributed by atoms with van der Waals surface area (Å²) in [5, 5.41) is 13.2. The summed E-state index contributed by atoms with van der Waals surface area (Å²) in [6.07, 6.45) is 4.63. The lowest BCUT2D eigenvalue weighted by Gasteiger charge is -2.33. The maximum atomic E-state index is 13.0. The molecule has 6 nitrogen and oxygen atoms in total. The molecule has 0 unspecified atom stereocenters. The van der Waals surface area contributed by atoms with Gasteiger partial charge in [0.05, 0.1) is 11.2 Å². The number of nitrogens with zero attached hydrogens (tertiary/aromatic N) is 2. The van der Waals surface area contributed by atoms with Crippen LogP contribution in [0.5, 0.6) is 0 Å². The van der Waals surface area contributed by atoms with Crippen LogP contribution in [-0.2, 0) is 5.41 Å². The number of anilines is 1. The van der Waals surface area contributed by atoms with Gasteiger partial charge in [0.25, 0.3) is 5.91 Å². The van der Waals surface area contributed by atoms with Gasteiger partial charge in [-0.3, -0.25) is 9.69 Å². The molecule has 1 aromatic heterocycles. The molecular weight excluding hydrogens is 424 g/mol. The van der Waals surface area contributed by atoms with E-state index in [9.17, 15) is 9.90 Å². The van der Waals surface area contributed by atoms with E-state index >= 15 is 0 Å². The van der Waals surface area contributed by atoms with Crippen LogP contribution in [0.4, 0.5) is 5.82 Å². The third-order valence-electron chi connectivity index (χ3n) is 8.30. The minimum Gasteiger partial charge on any atom is -0.390 e. The summed E-state index contributed by atoms with van der Waals surface area (Å²) in [5.74, 6) is 0.621. The van der Waals surface area contributed by atoms with E-state index in [-0.39, 0.29) is 23.2 Å². The first-order valence-electron chi connectivity index (χ1n) is 12.6. The first kappa shape index (κ1) is 24.7. The van der Waals surface area contributed by atoms with Gasteiger partial charge < -0.3 is 16.2 Å². The standard InChI is InChI=1S/C28H40N4O2/c1-18(2)32-16-19(3)28(5,17-32)22-8-6-20(7-9-22)21-14-24(25(29)30-15-21)26(33)31-23-10-12-27(4,34)13-11-23/h6-9,14-15,18-19,23,34H,10-13,16-17H2,1-5H3,(H2,29,30)(H,31,33)/t19-,23?,27?,28-/m1/s1. The molecule has 1 saturated heterocycles. The van der Waals surface area contributed by atoms with Crippen LogP contribution in [0.3, 0.4) is 0 Å². The number of carbonyl (C=O) groups is 1. The molecule has 6 heteroatoms. The van der Waals surface area contributed by atoms with Crippen molar-refractivity contribution in [3.8, 4) is 11.1 Å². The van der Waals surface area contributed by atoms with E-state index in [0.717, 1.165) is 37.1 Å². The number of aliphatic hydroxyl groups is 1. The van der Waals surface area contributed by atoms with Gasteiger partial charge in [0.15, 0.2) is 0 Å². The van der Waals surface area contributed by atoms with Crippen molar-refractivity contribution in [1.82, 2.24) is 15.2 Å². The first-order chi connectivity index (χ1) is 16.0. The smallest absolute Gasteiger partial charge is 0.255 e. The van der Waals surface area contributed by atoms with E-state index < -0.39 is 5.60 Å². The van der Waals surface area contributed by atoms with Gasteiger partial charge in [-0.25, -0.2) is 4.98 Å². The van der Waals surface area contributed by atoms with Crippen LogP contribution in [0.25, 0.3) is 11.1 Å². The van der Waals surface area contributed by atoms with Crippen molar-refractivity contribution >= 4 is 11.7 Å². The van der Waals surface area contributed by atoms with Crippen LogP contribution in [-0.4, -0.2) is 51.7 Å². The number of rotatable bonds is 5. The zero-order valence-electron chi connectivity index (χ0n) is 21.3. The van der Waals surface area contributed by atoms with Crippen molar-refractivity contribution in [2.75, 3.05) is 18.8 Å². The van der Waals surface area contributed by atoms with Crippen LogP contribution in [0, 0.1) is 5.92 Å². The maximum Gasteiger partial charge on any atom is 0.255 e. The van der Waals surface area contributed by atoms with Gasteiger partial charge in [-0.1, -0.05) is 38.1 Å². The SMILES string of the molecule is CC(C)N1C[C@@H](C)[C@](C)(c2ccc(-c3cnc(N)c(C(=O)NC4CCC(C)(O)CC4)c3)cc2)C1. The Morgan fingerprint density at radius 1 is 1.18 bits per heavy atom. The van der Waals surface area contributed by atoms with Gasteiger partial charge in [0, 0.05) is 42.3 Å². The topological polar surface area (TPSA) is 91.5 Å². The summed E-state index contributed by atoms with van der Waals surface area (Å²) in [6, 6.07) is 11.1. The molecule has 2 aromatic rings. The molecule has 2 atom stereocenters. The summed E-state index contributed by atoms with van der Waals surface area (Å²) in [6.45, 7) is 13.3. The van der Waals surface area contributed by atoms with Gasteiger partial charge in [0.2, 0.25) is 0 Å². The third-order valence-corrected chi connectivity index (χ3v) is 8.30. The molecule has 2 fully saturated rings. The number of nitrogens with two attached hydrogens (primary N) is 1. The van der Waals surface area contributed by atoms with Crippen molar-refractivity contribution in [1.29, 1.82) is 0 Å². The lowest BCUT2D eigenvalue weighted by molar-refractivity contribution is 0.0140. The van der Waals surface area contributed by atoms with E-state index in [1.54, 1.807) is 6.20 Å². The van der Waals surface area contributed by atoms with Gasteiger partial charge in [0.1, 0.15) is 5.82 Å². The predicted octanol–water partition coefficient (Wildman–Crippen LogP) is 4.37. The Kier molecular flexibility index (Phi) is 6.76. The van der Waals surface area contributed by atoms with Crippen LogP contribution < -0.4 is 11.1 Å². The van der Waals surface area contributed by atoms with E-state index in [0.29, 0.717) is 30.4 Å². The van der Waals surface area contributed by atoms with E-state index in [1.165, 1.54) is 5.56 Å². The van der Waals surface area contributed by atoms with Crippen LogP contribution in [0.15, 0.2) is 36.5 Å². The second kappa shape index (κ2) is 9.31. The van der Waals surface area contributed by atoms with Crippen molar-refractivity contribution in [2.45, 2.75) is 83.4 Å². The summed E-state index contributed by atoms with van der Waals surface area (Å²) < 4.78 is 0. The summed E-state index contributed by atoms with van der Waals surface area (Å²) >= 11 is 0. The molecule has 4 rings (SSSR count). The van der Waals surface area contributed by atoms with Gasteiger partial charge in [-0.15, -0.1) is 0 Å². The molecule has 1 aromatic carbocycles. The second-order valence-electron chi connectivity index (χ2n) is 11.3. The lowest BCUT2D eigenvalue weighted by Crippen LogP contribution is -2.42. The maximum absolute atomic E-state index is 13.0. The Balaban J connectivity index is 1.50. The fourth-order valence-electron chi connectivity index (χ4n) is 5.47. The fraction of sp³-hybridized carbons (Fsp3) is 0.571. The molecule has 34 heavy (non-hydrogen) atoms. The minimum absolute atomic E-state index is 0.0506. The average Bonchev–Trinajstić information content (AvgIpc) is 3.11. The highest BCUT2D eigenvalue weighted by atomic mass is 16.3. The second-order valence-corrected chi connectivity index (χ2v) is 11.3. The lowest BCUT2D eigenvalue weighted by atomic mass is 9.75. The minimum atomic E-state index is -0.631. The number of nitrogens with one attached hydrogen (secondary N) is 1. The zero-order valence-corrected chi connectivity index (χ0v) is 21.3. The highest BCUT2D eigenvalue weighted by Crippen LogP contribution is 2.40. The Morgan fingerprint density at radius 3 is 2.41 bits per heavy atom. The molecule has 4 N–H and O–H groups in total. The van der Waals surface area contributed by atoms with E-state index in [2.05, 4.69) is 67.2 Å². The zero-order chi connectivity index (χ0) is 24.7. The monoisotopic (exact) mass is 464 g/mol. The molecule has 1 saturated carbocycles. The number of pyridine rings is 1.